The molecule has 0 unspecified atom stereocenters. The summed E-state index contributed by atoms with van der Waals surface area (Å²) in [6.45, 7) is 6.37. The van der Waals surface area contributed by atoms with Gasteiger partial charge in [0.15, 0.2) is 4.84 Å². The third kappa shape index (κ3) is 4.80. The van der Waals surface area contributed by atoms with Crippen molar-refractivity contribution in [3.8, 4) is 5.75 Å². The Kier molecular flexibility index (Phi) is 7.62. The lowest BCUT2D eigenvalue weighted by Crippen LogP contribution is -2.50. The molecule has 2 rings (SSSR count). The van der Waals surface area contributed by atoms with Gasteiger partial charge >= 0.3 is 0 Å². The van der Waals surface area contributed by atoms with E-state index in [2.05, 4.69) is 0 Å². The summed E-state index contributed by atoms with van der Waals surface area (Å²) in [4.78, 5) is 14.7. The molecule has 0 spiro atoms. The molecular weight excluding hydrogens is 413 g/mol. The molecule has 1 saturated heterocycles. The van der Waals surface area contributed by atoms with E-state index in [0.29, 0.717) is 50.7 Å². The maximum atomic E-state index is 12.8. The fourth-order valence-electron chi connectivity index (χ4n) is 3.10. The molecule has 1 aliphatic heterocycles. The van der Waals surface area contributed by atoms with Gasteiger partial charge in [-0.25, -0.2) is 8.42 Å². The zero-order chi connectivity index (χ0) is 20.2. The van der Waals surface area contributed by atoms with E-state index in [1.54, 1.807) is 30.2 Å². The highest BCUT2D eigenvalue weighted by Gasteiger charge is 2.28. The van der Waals surface area contributed by atoms with Gasteiger partial charge in [0.05, 0.1) is 17.7 Å². The summed E-state index contributed by atoms with van der Waals surface area (Å²) in [5.74, 6) is 0.267. The second-order valence-electron chi connectivity index (χ2n) is 6.04. The van der Waals surface area contributed by atoms with Crippen molar-refractivity contribution in [3.05, 3.63) is 18.2 Å². The maximum absolute atomic E-state index is 12.8. The fourth-order valence-corrected chi connectivity index (χ4v) is 4.85. The number of carbonyl (C=O) groups excluding carboxylic acids is 1. The molecule has 0 N–H and O–H groups in total. The van der Waals surface area contributed by atoms with Crippen LogP contribution in [0.15, 0.2) is 23.1 Å². The normalized spacial score (nSPS) is 15.5. The molecule has 0 atom stereocenters. The number of nitrogens with zero attached hydrogens (tertiary/aromatic N) is 3. The highest BCUT2D eigenvalue weighted by atomic mass is 35.5. The van der Waals surface area contributed by atoms with Gasteiger partial charge in [-0.15, -0.1) is 0 Å². The summed E-state index contributed by atoms with van der Waals surface area (Å²) in [7, 11) is -2.03. The topological polar surface area (TPSA) is 70.2 Å². The molecule has 0 saturated carbocycles. The van der Waals surface area contributed by atoms with Gasteiger partial charge in [-0.1, -0.05) is 37.0 Å². The first-order valence-electron chi connectivity index (χ1n) is 8.76. The molecule has 10 heteroatoms. The largest absolute Gasteiger partial charge is 0.495 e. The predicted octanol–water partition coefficient (Wildman–Crippen LogP) is 2.18. The molecule has 1 aromatic carbocycles. The number of carbonyl (C=O) groups is 1. The summed E-state index contributed by atoms with van der Waals surface area (Å²) in [5.41, 5.74) is 0.686. The number of hydrogen-bond acceptors (Lipinski definition) is 5. The molecule has 27 heavy (non-hydrogen) atoms. The Morgan fingerprint density at radius 3 is 2.26 bits per heavy atom. The van der Waals surface area contributed by atoms with Gasteiger partial charge in [-0.05, 0) is 18.2 Å². The number of rotatable bonds is 7. The lowest BCUT2D eigenvalue weighted by Gasteiger charge is -2.37. The van der Waals surface area contributed by atoms with Crippen LogP contribution in [0.3, 0.4) is 0 Å². The summed E-state index contributed by atoms with van der Waals surface area (Å²) in [6, 6.07) is 4.86. The Bertz CT molecular complexity index is 761. The molecule has 0 bridgehead atoms. The molecule has 152 valence electrons. The lowest BCUT2D eigenvalue weighted by molar-refractivity contribution is -0.129. The van der Waals surface area contributed by atoms with Gasteiger partial charge in [0, 0.05) is 39.3 Å². The van der Waals surface area contributed by atoms with E-state index in [1.807, 2.05) is 18.7 Å². The Hall–Kier alpha value is -1.22. The standard InChI is InChI=1S/C17H25Cl2N3O4S/c1-4-22(5-2)27(24,25)13-6-7-15(26-3)14(12-13)20-8-10-21(11-9-20)17(23)16(18)19/h6-7,12,16H,4-5,8-11H2,1-3H3. The van der Waals surface area contributed by atoms with Crippen LogP contribution in [0, 0.1) is 0 Å². The summed E-state index contributed by atoms with van der Waals surface area (Å²) >= 11 is 11.3. The van der Waals surface area contributed by atoms with Gasteiger partial charge in [-0.2, -0.15) is 4.31 Å². The Morgan fingerprint density at radius 2 is 1.78 bits per heavy atom. The number of alkyl halides is 2. The Morgan fingerprint density at radius 1 is 1.19 bits per heavy atom. The van der Waals surface area contributed by atoms with E-state index in [0.717, 1.165) is 0 Å². The van der Waals surface area contributed by atoms with Crippen LogP contribution < -0.4 is 9.64 Å². The van der Waals surface area contributed by atoms with Crippen LogP contribution in [0.4, 0.5) is 5.69 Å². The molecule has 0 aromatic heterocycles. The van der Waals surface area contributed by atoms with Crippen LogP contribution in [-0.2, 0) is 14.8 Å². The third-order valence-electron chi connectivity index (χ3n) is 4.61. The van der Waals surface area contributed by atoms with E-state index in [1.165, 1.54) is 4.31 Å². The van der Waals surface area contributed by atoms with E-state index >= 15 is 0 Å². The van der Waals surface area contributed by atoms with Crippen molar-refractivity contribution in [1.82, 2.24) is 9.21 Å². The van der Waals surface area contributed by atoms with Gasteiger partial charge in [-0.3, -0.25) is 4.79 Å². The van der Waals surface area contributed by atoms with Crippen molar-refractivity contribution in [2.75, 3.05) is 51.3 Å². The van der Waals surface area contributed by atoms with Crippen LogP contribution in [0.25, 0.3) is 0 Å². The molecule has 1 fully saturated rings. The molecule has 1 aliphatic rings. The molecule has 0 radical (unpaired) electrons. The van der Waals surface area contributed by atoms with Crippen LogP contribution in [0.2, 0.25) is 0 Å². The summed E-state index contributed by atoms with van der Waals surface area (Å²) in [6.07, 6.45) is 0. The maximum Gasteiger partial charge on any atom is 0.255 e. The molecule has 7 nitrogen and oxygen atoms in total. The Labute approximate surface area is 170 Å². The number of amides is 1. The minimum atomic E-state index is -3.57. The SMILES string of the molecule is CCN(CC)S(=O)(=O)c1ccc(OC)c(N2CCN(C(=O)C(Cl)Cl)CC2)c1. The van der Waals surface area contributed by atoms with Gasteiger partial charge in [0.1, 0.15) is 5.75 Å². The van der Waals surface area contributed by atoms with Crippen molar-refractivity contribution in [2.45, 2.75) is 23.6 Å². The van der Waals surface area contributed by atoms with Crippen molar-refractivity contribution < 1.29 is 17.9 Å². The van der Waals surface area contributed by atoms with Crippen LogP contribution >= 0.6 is 23.2 Å². The number of sulfonamides is 1. The number of piperazine rings is 1. The van der Waals surface area contributed by atoms with E-state index in [-0.39, 0.29) is 10.8 Å². The molecule has 0 aliphatic carbocycles. The number of halogens is 2. The van der Waals surface area contributed by atoms with E-state index in [9.17, 15) is 13.2 Å². The number of hydrogen-bond donors (Lipinski definition) is 0. The first-order valence-corrected chi connectivity index (χ1v) is 11.1. The zero-order valence-electron chi connectivity index (χ0n) is 15.7. The van der Waals surface area contributed by atoms with Crippen LogP contribution in [0.1, 0.15) is 13.8 Å². The highest BCUT2D eigenvalue weighted by molar-refractivity contribution is 7.89. The molecule has 1 aromatic rings. The fraction of sp³-hybridized carbons (Fsp3) is 0.588. The third-order valence-corrected chi connectivity index (χ3v) is 7.03. The average molecular weight is 438 g/mol. The molecule has 1 heterocycles. The van der Waals surface area contributed by atoms with Gasteiger partial charge in [0.2, 0.25) is 10.0 Å². The number of anilines is 1. The quantitative estimate of drug-likeness (QED) is 0.611. The van der Waals surface area contributed by atoms with Crippen molar-refractivity contribution in [2.24, 2.45) is 0 Å². The first-order chi connectivity index (χ1) is 12.8. The predicted molar refractivity (Wildman–Crippen MR) is 107 cm³/mol. The van der Waals surface area contributed by atoms with Crippen molar-refractivity contribution >= 4 is 44.8 Å². The van der Waals surface area contributed by atoms with E-state index in [4.69, 9.17) is 27.9 Å². The number of ether oxygens (including phenoxy) is 1. The molecular formula is C17H25Cl2N3O4S. The monoisotopic (exact) mass is 437 g/mol. The second kappa shape index (κ2) is 9.32. The molecule has 1 amide bonds. The average Bonchev–Trinajstić information content (AvgIpc) is 2.67. The van der Waals surface area contributed by atoms with Crippen LogP contribution in [-0.4, -0.2) is 74.7 Å². The number of benzene rings is 1. The summed E-state index contributed by atoms with van der Waals surface area (Å²) in [5, 5.41) is 0. The van der Waals surface area contributed by atoms with Gasteiger partial charge in [0.25, 0.3) is 5.91 Å². The Balaban J connectivity index is 2.28. The van der Waals surface area contributed by atoms with Crippen molar-refractivity contribution in [1.29, 1.82) is 0 Å². The minimum Gasteiger partial charge on any atom is -0.495 e. The smallest absolute Gasteiger partial charge is 0.255 e. The van der Waals surface area contributed by atoms with E-state index < -0.39 is 14.9 Å². The highest BCUT2D eigenvalue weighted by Crippen LogP contribution is 2.32. The first kappa shape index (κ1) is 22.1. The van der Waals surface area contributed by atoms with Gasteiger partial charge < -0.3 is 14.5 Å². The van der Waals surface area contributed by atoms with Crippen molar-refractivity contribution in [3.63, 3.8) is 0 Å². The lowest BCUT2D eigenvalue weighted by atomic mass is 10.2. The number of methoxy groups -OCH3 is 1. The second-order valence-corrected chi connectivity index (χ2v) is 9.07. The minimum absolute atomic E-state index is 0.224. The zero-order valence-corrected chi connectivity index (χ0v) is 18.0. The summed E-state index contributed by atoms with van der Waals surface area (Å²) < 4.78 is 32.5. The van der Waals surface area contributed by atoms with Crippen LogP contribution in [0.5, 0.6) is 5.75 Å².